The summed E-state index contributed by atoms with van der Waals surface area (Å²) in [5.41, 5.74) is 11.7. The minimum Gasteiger partial charge on any atom is -0.366 e. The molecule has 3 N–H and O–H groups in total. The van der Waals surface area contributed by atoms with Crippen LogP contribution in [-0.4, -0.2) is 15.9 Å². The highest BCUT2D eigenvalue weighted by Gasteiger charge is 2.12. The van der Waals surface area contributed by atoms with E-state index in [0.29, 0.717) is 5.56 Å². The molecular formula is C22H18N4OS. The van der Waals surface area contributed by atoms with Gasteiger partial charge in [-0.05, 0) is 47.9 Å². The predicted octanol–water partition coefficient (Wildman–Crippen LogP) is 5.02. The molecule has 0 aliphatic heterocycles. The molecule has 4 aromatic rings. The van der Waals surface area contributed by atoms with Crippen molar-refractivity contribution in [2.24, 2.45) is 5.73 Å². The molecule has 0 aliphatic rings. The summed E-state index contributed by atoms with van der Waals surface area (Å²) < 4.78 is 0. The van der Waals surface area contributed by atoms with Crippen molar-refractivity contribution in [2.45, 2.75) is 6.92 Å². The summed E-state index contributed by atoms with van der Waals surface area (Å²) in [6.45, 7) is 2.03. The lowest BCUT2D eigenvalue weighted by Gasteiger charge is -2.12. The number of nitrogens with zero attached hydrogens (tertiary/aromatic N) is 2. The monoisotopic (exact) mass is 386 g/mol. The smallest absolute Gasteiger partial charge is 0.249 e. The Bertz CT molecular complexity index is 1140. The molecule has 2 aromatic carbocycles. The Hall–Kier alpha value is -3.51. The van der Waals surface area contributed by atoms with Crippen molar-refractivity contribution >= 4 is 28.1 Å². The zero-order valence-corrected chi connectivity index (χ0v) is 16.0. The van der Waals surface area contributed by atoms with Crippen LogP contribution in [0.1, 0.15) is 15.9 Å². The van der Waals surface area contributed by atoms with Crippen molar-refractivity contribution in [1.29, 1.82) is 0 Å². The first kappa shape index (κ1) is 17.9. The van der Waals surface area contributed by atoms with Crippen LogP contribution < -0.4 is 11.1 Å². The van der Waals surface area contributed by atoms with Gasteiger partial charge in [0.25, 0.3) is 0 Å². The molecule has 4 rings (SSSR count). The molecule has 138 valence electrons. The van der Waals surface area contributed by atoms with Crippen molar-refractivity contribution < 1.29 is 4.79 Å². The molecule has 28 heavy (non-hydrogen) atoms. The quantitative estimate of drug-likeness (QED) is 0.504. The highest BCUT2D eigenvalue weighted by Crippen LogP contribution is 2.32. The zero-order valence-electron chi connectivity index (χ0n) is 15.2. The second kappa shape index (κ2) is 7.62. The Kier molecular flexibility index (Phi) is 4.87. The fourth-order valence-electron chi connectivity index (χ4n) is 2.97. The number of carbonyl (C=O) groups is 1. The van der Waals surface area contributed by atoms with E-state index in [-0.39, 0.29) is 0 Å². The summed E-state index contributed by atoms with van der Waals surface area (Å²) in [7, 11) is 0. The third-order valence-electron chi connectivity index (χ3n) is 4.44. The summed E-state index contributed by atoms with van der Waals surface area (Å²) >= 11 is 1.53. The van der Waals surface area contributed by atoms with E-state index in [1.165, 1.54) is 11.3 Å². The Morgan fingerprint density at radius 3 is 2.71 bits per heavy atom. The van der Waals surface area contributed by atoms with Crippen LogP contribution in [0.5, 0.6) is 0 Å². The molecule has 0 aliphatic carbocycles. The fraction of sp³-hybridized carbons (Fsp3) is 0.0455. The molecule has 5 nitrogen and oxygen atoms in total. The van der Waals surface area contributed by atoms with Gasteiger partial charge >= 0.3 is 0 Å². The fourth-order valence-corrected chi connectivity index (χ4v) is 3.70. The van der Waals surface area contributed by atoms with Gasteiger partial charge in [0.15, 0.2) is 5.13 Å². The highest BCUT2D eigenvalue weighted by molar-refractivity contribution is 7.14. The van der Waals surface area contributed by atoms with E-state index in [1.807, 2.05) is 60.8 Å². The lowest BCUT2D eigenvalue weighted by Crippen LogP contribution is -2.12. The number of hydrogen-bond donors (Lipinski definition) is 2. The van der Waals surface area contributed by atoms with E-state index in [2.05, 4.69) is 15.3 Å². The van der Waals surface area contributed by atoms with E-state index in [1.54, 1.807) is 18.5 Å². The molecule has 0 fully saturated rings. The van der Waals surface area contributed by atoms with Gasteiger partial charge in [-0.25, -0.2) is 4.98 Å². The number of primary amides is 1. The van der Waals surface area contributed by atoms with Gasteiger partial charge in [-0.1, -0.05) is 30.3 Å². The average molecular weight is 386 g/mol. The maximum Gasteiger partial charge on any atom is 0.249 e. The van der Waals surface area contributed by atoms with E-state index >= 15 is 0 Å². The standard InChI is InChI=1S/C22H18N4OS/c1-14-8-9-15(17-6-2-3-7-18(17)21(23)27)11-19(14)25-22-26-20(13-28-22)16-5-4-10-24-12-16/h2-13H,1H3,(H2,23,27)(H,25,26). The minimum absolute atomic E-state index is 0.438. The minimum atomic E-state index is -0.438. The number of nitrogens with one attached hydrogen (secondary N) is 1. The van der Waals surface area contributed by atoms with Crippen LogP contribution >= 0.6 is 11.3 Å². The molecule has 6 heteroatoms. The van der Waals surface area contributed by atoms with E-state index < -0.39 is 5.91 Å². The van der Waals surface area contributed by atoms with Gasteiger partial charge in [-0.3, -0.25) is 9.78 Å². The second-order valence-corrected chi connectivity index (χ2v) is 7.20. The SMILES string of the molecule is Cc1ccc(-c2ccccc2C(N)=O)cc1Nc1nc(-c2cccnc2)cs1. The lowest BCUT2D eigenvalue weighted by atomic mass is 9.97. The predicted molar refractivity (Wildman–Crippen MR) is 114 cm³/mol. The van der Waals surface area contributed by atoms with Crippen molar-refractivity contribution in [3.63, 3.8) is 0 Å². The Labute approximate surface area is 166 Å². The number of amides is 1. The molecule has 0 radical (unpaired) electrons. The largest absolute Gasteiger partial charge is 0.366 e. The van der Waals surface area contributed by atoms with Gasteiger partial charge < -0.3 is 11.1 Å². The molecule has 0 unspecified atom stereocenters. The lowest BCUT2D eigenvalue weighted by molar-refractivity contribution is 0.100. The van der Waals surface area contributed by atoms with Crippen LogP contribution in [0.2, 0.25) is 0 Å². The number of pyridine rings is 1. The summed E-state index contributed by atoms with van der Waals surface area (Å²) in [4.78, 5) is 20.6. The first-order chi connectivity index (χ1) is 13.6. The summed E-state index contributed by atoms with van der Waals surface area (Å²) in [6.07, 6.45) is 3.54. The first-order valence-electron chi connectivity index (χ1n) is 8.74. The number of nitrogens with two attached hydrogens (primary N) is 1. The summed E-state index contributed by atoms with van der Waals surface area (Å²) in [5.74, 6) is -0.438. The van der Waals surface area contributed by atoms with Crippen LogP contribution in [0.15, 0.2) is 72.4 Å². The van der Waals surface area contributed by atoms with Gasteiger partial charge in [0.05, 0.1) is 5.69 Å². The second-order valence-electron chi connectivity index (χ2n) is 6.34. The first-order valence-corrected chi connectivity index (χ1v) is 9.62. The van der Waals surface area contributed by atoms with Crippen molar-refractivity contribution in [2.75, 3.05) is 5.32 Å². The number of anilines is 2. The van der Waals surface area contributed by atoms with Crippen LogP contribution in [0.3, 0.4) is 0 Å². The zero-order chi connectivity index (χ0) is 19.5. The molecule has 0 bridgehead atoms. The number of carbonyl (C=O) groups excluding carboxylic acids is 1. The van der Waals surface area contributed by atoms with Crippen LogP contribution in [0.25, 0.3) is 22.4 Å². The maximum atomic E-state index is 11.8. The van der Waals surface area contributed by atoms with Crippen LogP contribution in [0, 0.1) is 6.92 Å². The van der Waals surface area contributed by atoms with Crippen molar-refractivity contribution in [3.05, 3.63) is 83.5 Å². The van der Waals surface area contributed by atoms with Gasteiger partial charge in [0, 0.05) is 34.6 Å². The van der Waals surface area contributed by atoms with E-state index in [4.69, 9.17) is 5.73 Å². The molecule has 0 spiro atoms. The van der Waals surface area contributed by atoms with Crippen LogP contribution in [-0.2, 0) is 0 Å². The molecule has 0 saturated heterocycles. The van der Waals surface area contributed by atoms with Crippen LogP contribution in [0.4, 0.5) is 10.8 Å². The molecule has 2 heterocycles. The number of aromatic nitrogens is 2. The van der Waals surface area contributed by atoms with E-state index in [9.17, 15) is 4.79 Å². The number of thiazole rings is 1. The molecular weight excluding hydrogens is 368 g/mol. The molecule has 1 amide bonds. The molecule has 2 aromatic heterocycles. The van der Waals surface area contributed by atoms with Crippen molar-refractivity contribution in [1.82, 2.24) is 9.97 Å². The third kappa shape index (κ3) is 3.63. The molecule has 0 atom stereocenters. The number of benzene rings is 2. The Balaban J connectivity index is 1.66. The average Bonchev–Trinajstić information content (AvgIpc) is 3.19. The topological polar surface area (TPSA) is 80.9 Å². The highest BCUT2D eigenvalue weighted by atomic mass is 32.1. The summed E-state index contributed by atoms with van der Waals surface area (Å²) in [6, 6.07) is 17.3. The van der Waals surface area contributed by atoms with Gasteiger partial charge in [0.2, 0.25) is 5.91 Å². The Morgan fingerprint density at radius 1 is 1.07 bits per heavy atom. The van der Waals surface area contributed by atoms with Gasteiger partial charge in [-0.2, -0.15) is 0 Å². The van der Waals surface area contributed by atoms with Gasteiger partial charge in [-0.15, -0.1) is 11.3 Å². The normalized spacial score (nSPS) is 10.6. The maximum absolute atomic E-state index is 11.8. The molecule has 0 saturated carbocycles. The van der Waals surface area contributed by atoms with Crippen molar-refractivity contribution in [3.8, 4) is 22.4 Å². The van der Waals surface area contributed by atoms with Gasteiger partial charge in [0.1, 0.15) is 0 Å². The number of rotatable bonds is 5. The third-order valence-corrected chi connectivity index (χ3v) is 5.20. The number of aryl methyl sites for hydroxylation is 1. The van der Waals surface area contributed by atoms with E-state index in [0.717, 1.165) is 38.8 Å². The Morgan fingerprint density at radius 2 is 1.93 bits per heavy atom. The number of hydrogen-bond acceptors (Lipinski definition) is 5. The summed E-state index contributed by atoms with van der Waals surface area (Å²) in [5, 5.41) is 6.19.